The lowest BCUT2D eigenvalue weighted by atomic mass is 10.0. The number of aryl methyl sites for hydroxylation is 3. The summed E-state index contributed by atoms with van der Waals surface area (Å²) in [5, 5.41) is 9.34. The number of carboxylic acids is 1. The van der Waals surface area contributed by atoms with Gasteiger partial charge in [-0.05, 0) is 43.5 Å². The van der Waals surface area contributed by atoms with Crippen LogP contribution in [0.25, 0.3) is 16.2 Å². The van der Waals surface area contributed by atoms with Crippen molar-refractivity contribution >= 4 is 22.3 Å². The third kappa shape index (κ3) is 2.47. The van der Waals surface area contributed by atoms with Gasteiger partial charge in [-0.1, -0.05) is 12.1 Å². The minimum Gasteiger partial charge on any atom is -0.476 e. The molecule has 0 spiro atoms. The molecule has 0 saturated heterocycles. The van der Waals surface area contributed by atoms with E-state index in [2.05, 4.69) is 4.98 Å². The molecule has 0 aliphatic carbocycles. The maximum absolute atomic E-state index is 13.1. The quantitative estimate of drug-likeness (QED) is 0.725. The van der Waals surface area contributed by atoms with Crippen LogP contribution in [0.5, 0.6) is 0 Å². The molecular weight excluding hydrogens is 341 g/mol. The Hall–Kier alpha value is -2.35. The number of aromatic nitrogens is 2. The Morgan fingerprint density at radius 2 is 1.88 bits per heavy atom. The highest BCUT2D eigenvalue weighted by Crippen LogP contribution is 2.38. The lowest BCUT2D eigenvalue weighted by Gasteiger charge is -2.09. The molecule has 0 radical (unpaired) electrons. The minimum absolute atomic E-state index is 0.0189. The van der Waals surface area contributed by atoms with Gasteiger partial charge in [0.2, 0.25) is 0 Å². The highest BCUT2D eigenvalue weighted by molar-refractivity contribution is 7.17. The molecule has 0 aliphatic rings. The molecule has 3 aromatic rings. The first-order valence-corrected chi connectivity index (χ1v) is 7.83. The number of halogens is 3. The van der Waals surface area contributed by atoms with Gasteiger partial charge in [0.25, 0.3) is 0 Å². The van der Waals surface area contributed by atoms with Gasteiger partial charge in [-0.15, -0.1) is 11.3 Å². The molecule has 4 nitrogen and oxygen atoms in total. The van der Waals surface area contributed by atoms with Crippen LogP contribution in [-0.4, -0.2) is 20.5 Å². The van der Waals surface area contributed by atoms with Gasteiger partial charge in [0.05, 0.1) is 5.69 Å². The maximum Gasteiger partial charge on any atom is 0.435 e. The number of aromatic carboxylic acids is 1. The van der Waals surface area contributed by atoms with E-state index in [1.165, 1.54) is 0 Å². The second kappa shape index (κ2) is 5.34. The first-order chi connectivity index (χ1) is 11.1. The minimum atomic E-state index is -4.83. The van der Waals surface area contributed by atoms with E-state index in [4.69, 9.17) is 0 Å². The van der Waals surface area contributed by atoms with E-state index >= 15 is 0 Å². The molecule has 1 N–H and O–H groups in total. The van der Waals surface area contributed by atoms with Crippen molar-refractivity contribution in [1.29, 1.82) is 0 Å². The van der Waals surface area contributed by atoms with Gasteiger partial charge >= 0.3 is 12.1 Å². The van der Waals surface area contributed by atoms with E-state index in [-0.39, 0.29) is 4.96 Å². The van der Waals surface area contributed by atoms with Crippen LogP contribution in [0.2, 0.25) is 0 Å². The van der Waals surface area contributed by atoms with Crippen LogP contribution < -0.4 is 0 Å². The topological polar surface area (TPSA) is 54.6 Å². The SMILES string of the molecule is Cc1ccc(-c2c(C)sc3nc(C(F)(F)F)c(C(=O)O)n23)cc1C. The number of rotatable bonds is 2. The van der Waals surface area contributed by atoms with Gasteiger partial charge in [-0.2, -0.15) is 13.2 Å². The van der Waals surface area contributed by atoms with Crippen molar-refractivity contribution in [3.63, 3.8) is 0 Å². The van der Waals surface area contributed by atoms with Crippen molar-refractivity contribution in [3.8, 4) is 11.3 Å². The predicted octanol–water partition coefficient (Wildman–Crippen LogP) is 4.71. The first-order valence-electron chi connectivity index (χ1n) is 7.01. The molecule has 0 aliphatic heterocycles. The fraction of sp³-hybridized carbons (Fsp3) is 0.250. The number of hydrogen-bond acceptors (Lipinski definition) is 3. The van der Waals surface area contributed by atoms with Crippen molar-refractivity contribution in [1.82, 2.24) is 9.38 Å². The van der Waals surface area contributed by atoms with Crippen molar-refractivity contribution < 1.29 is 23.1 Å². The number of nitrogens with zero attached hydrogens (tertiary/aromatic N) is 2. The normalized spacial score (nSPS) is 12.1. The zero-order valence-electron chi connectivity index (χ0n) is 13.0. The van der Waals surface area contributed by atoms with Gasteiger partial charge < -0.3 is 5.11 Å². The molecule has 1 aromatic carbocycles. The van der Waals surface area contributed by atoms with E-state index in [0.717, 1.165) is 26.9 Å². The summed E-state index contributed by atoms with van der Waals surface area (Å²) < 4.78 is 40.5. The number of fused-ring (bicyclic) bond motifs is 1. The van der Waals surface area contributed by atoms with Gasteiger partial charge in [0.15, 0.2) is 16.3 Å². The Morgan fingerprint density at radius 3 is 2.42 bits per heavy atom. The largest absolute Gasteiger partial charge is 0.476 e. The van der Waals surface area contributed by atoms with E-state index in [1.54, 1.807) is 13.0 Å². The lowest BCUT2D eigenvalue weighted by molar-refractivity contribution is -0.141. The Morgan fingerprint density at radius 1 is 1.21 bits per heavy atom. The average Bonchev–Trinajstić information content (AvgIpc) is 2.96. The van der Waals surface area contributed by atoms with E-state index < -0.39 is 23.5 Å². The zero-order valence-corrected chi connectivity index (χ0v) is 13.8. The summed E-state index contributed by atoms with van der Waals surface area (Å²) in [7, 11) is 0. The molecule has 8 heteroatoms. The van der Waals surface area contributed by atoms with Crippen LogP contribution in [-0.2, 0) is 6.18 Å². The monoisotopic (exact) mass is 354 g/mol. The molecule has 2 aromatic heterocycles. The average molecular weight is 354 g/mol. The number of imidazole rings is 1. The molecule has 0 amide bonds. The number of hydrogen-bond donors (Lipinski definition) is 1. The number of alkyl halides is 3. The van der Waals surface area contributed by atoms with Crippen molar-refractivity contribution in [2.45, 2.75) is 26.9 Å². The summed E-state index contributed by atoms with van der Waals surface area (Å²) in [5.41, 5.74) is 0.887. The zero-order chi connectivity index (χ0) is 17.8. The van der Waals surface area contributed by atoms with Gasteiger partial charge in [0, 0.05) is 4.88 Å². The third-order valence-electron chi connectivity index (χ3n) is 3.90. The Bertz CT molecular complexity index is 970. The smallest absolute Gasteiger partial charge is 0.435 e. The van der Waals surface area contributed by atoms with Gasteiger partial charge in [0.1, 0.15) is 0 Å². The summed E-state index contributed by atoms with van der Waals surface area (Å²) in [5.74, 6) is -1.65. The van der Waals surface area contributed by atoms with E-state index in [9.17, 15) is 23.1 Å². The highest BCUT2D eigenvalue weighted by Gasteiger charge is 2.41. The van der Waals surface area contributed by atoms with Crippen LogP contribution in [0.15, 0.2) is 18.2 Å². The van der Waals surface area contributed by atoms with Crippen molar-refractivity contribution in [2.24, 2.45) is 0 Å². The molecule has 24 heavy (non-hydrogen) atoms. The van der Waals surface area contributed by atoms with Crippen LogP contribution in [0.1, 0.15) is 32.2 Å². The van der Waals surface area contributed by atoms with Crippen LogP contribution in [0.3, 0.4) is 0 Å². The van der Waals surface area contributed by atoms with Crippen LogP contribution in [0.4, 0.5) is 13.2 Å². The summed E-state index contributed by atoms with van der Waals surface area (Å²) in [6.45, 7) is 5.56. The summed E-state index contributed by atoms with van der Waals surface area (Å²) in [4.78, 5) is 15.8. The lowest BCUT2D eigenvalue weighted by Crippen LogP contribution is -2.14. The molecular formula is C16H13F3N2O2S. The molecule has 126 valence electrons. The molecule has 0 atom stereocenters. The first kappa shape index (κ1) is 16.5. The van der Waals surface area contributed by atoms with E-state index in [0.29, 0.717) is 16.1 Å². The number of thiazole rings is 1. The molecule has 0 saturated carbocycles. The Balaban J connectivity index is 2.40. The number of carbonyl (C=O) groups is 1. The van der Waals surface area contributed by atoms with Gasteiger partial charge in [-0.3, -0.25) is 4.40 Å². The van der Waals surface area contributed by atoms with Crippen molar-refractivity contribution in [2.75, 3.05) is 0 Å². The number of benzene rings is 1. The molecule has 2 heterocycles. The fourth-order valence-corrected chi connectivity index (χ4v) is 3.62. The van der Waals surface area contributed by atoms with Crippen LogP contribution >= 0.6 is 11.3 Å². The Labute approximate surface area is 139 Å². The summed E-state index contributed by atoms with van der Waals surface area (Å²) in [6.07, 6.45) is -4.83. The summed E-state index contributed by atoms with van der Waals surface area (Å²) in [6, 6.07) is 5.47. The predicted molar refractivity (Wildman–Crippen MR) is 84.7 cm³/mol. The molecule has 0 bridgehead atoms. The summed E-state index contributed by atoms with van der Waals surface area (Å²) >= 11 is 1.04. The van der Waals surface area contributed by atoms with Crippen LogP contribution in [0, 0.1) is 20.8 Å². The second-order valence-corrected chi connectivity index (χ2v) is 6.72. The fourth-order valence-electron chi connectivity index (χ4n) is 2.63. The van der Waals surface area contributed by atoms with Gasteiger partial charge in [-0.25, -0.2) is 9.78 Å². The second-order valence-electron chi connectivity index (χ2n) is 5.54. The van der Waals surface area contributed by atoms with Crippen molar-refractivity contribution in [3.05, 3.63) is 45.6 Å². The maximum atomic E-state index is 13.1. The van der Waals surface area contributed by atoms with E-state index in [1.807, 2.05) is 26.0 Å². The molecule has 0 fully saturated rings. The molecule has 3 rings (SSSR count). The third-order valence-corrected chi connectivity index (χ3v) is 4.86. The Kier molecular flexibility index (Phi) is 3.67. The molecule has 0 unspecified atom stereocenters. The highest BCUT2D eigenvalue weighted by atomic mass is 32.1. The number of carboxylic acid groups (broad SMARTS) is 1. The standard InChI is InChI=1S/C16H13F3N2O2S/c1-7-4-5-10(6-8(7)2)11-9(3)24-15-20-13(16(17,18)19)12(14(22)23)21(11)15/h4-6H,1-3H3,(H,22,23).